The van der Waals surface area contributed by atoms with Crippen LogP contribution >= 0.6 is 0 Å². The number of urea groups is 2. The Morgan fingerprint density at radius 2 is 1.73 bits per heavy atom. The van der Waals surface area contributed by atoms with E-state index >= 15 is 0 Å². The van der Waals surface area contributed by atoms with Gasteiger partial charge in [-0.25, -0.2) is 24.8 Å². The number of hydrogen-bond acceptors (Lipinski definition) is 7. The summed E-state index contributed by atoms with van der Waals surface area (Å²) < 4.78 is 5.56. The number of para-hydroxylation sites is 1. The highest BCUT2D eigenvalue weighted by Gasteiger charge is 2.56. The lowest BCUT2D eigenvalue weighted by Gasteiger charge is -2.47. The molecule has 14 heteroatoms. The van der Waals surface area contributed by atoms with Crippen molar-refractivity contribution in [3.05, 3.63) is 30.3 Å². The number of likely N-dealkylation sites (tertiary alicyclic amines) is 2. The summed E-state index contributed by atoms with van der Waals surface area (Å²) in [5.74, 6) is -1.77. The molecule has 3 aliphatic rings. The first-order chi connectivity index (χ1) is 19.3. The third kappa shape index (κ3) is 6.92. The van der Waals surface area contributed by atoms with E-state index in [0.29, 0.717) is 32.5 Å². The number of imide groups is 1. The van der Waals surface area contributed by atoms with Crippen LogP contribution in [0.25, 0.3) is 0 Å². The fourth-order valence-corrected chi connectivity index (χ4v) is 5.38. The number of β-lactam (4-membered cyclic amide) rings is 1. The first-order valence-corrected chi connectivity index (χ1v) is 13.5. The molecule has 0 radical (unpaired) electrons. The third-order valence-corrected chi connectivity index (χ3v) is 7.52. The molecule has 0 bridgehead atoms. The van der Waals surface area contributed by atoms with Gasteiger partial charge in [-0.3, -0.25) is 15.0 Å². The number of piperidine rings is 1. The van der Waals surface area contributed by atoms with Gasteiger partial charge in [-0.2, -0.15) is 0 Å². The fourth-order valence-electron chi connectivity index (χ4n) is 5.38. The van der Waals surface area contributed by atoms with E-state index in [1.807, 2.05) is 30.3 Å². The molecule has 4 rings (SSSR count). The molecular formula is C26H37N7O7. The van der Waals surface area contributed by atoms with E-state index in [0.717, 1.165) is 23.5 Å². The van der Waals surface area contributed by atoms with Crippen molar-refractivity contribution in [3.63, 3.8) is 0 Å². The first-order valence-electron chi connectivity index (χ1n) is 13.5. The Morgan fingerprint density at radius 1 is 1.02 bits per heavy atom. The maximum atomic E-state index is 13.1. The second-order valence-corrected chi connectivity index (χ2v) is 10.2. The number of piperazine rings is 1. The summed E-state index contributed by atoms with van der Waals surface area (Å²) in [5, 5.41) is 17.4. The number of carbonyl (C=O) groups excluding carboxylic acids is 3. The maximum absolute atomic E-state index is 13.1. The van der Waals surface area contributed by atoms with Gasteiger partial charge in [0.1, 0.15) is 5.75 Å². The van der Waals surface area contributed by atoms with Gasteiger partial charge in [-0.1, -0.05) is 18.2 Å². The number of hydroxylamine groups is 1. The number of carboxylic acid groups (broad SMARTS) is 1. The molecule has 40 heavy (non-hydrogen) atoms. The smallest absolute Gasteiger partial charge is 0.341 e. The quantitative estimate of drug-likeness (QED) is 0.111. The molecule has 1 aromatic carbocycles. The summed E-state index contributed by atoms with van der Waals surface area (Å²) in [6.07, 6.45) is 2.51. The number of aliphatic carboxylic acids is 1. The second kappa shape index (κ2) is 13.3. The van der Waals surface area contributed by atoms with Gasteiger partial charge in [-0.05, 0) is 37.3 Å². The molecule has 1 unspecified atom stereocenters. The van der Waals surface area contributed by atoms with Gasteiger partial charge >= 0.3 is 18.0 Å². The summed E-state index contributed by atoms with van der Waals surface area (Å²) in [6, 6.07) is 7.05. The Balaban J connectivity index is 1.18. The molecule has 0 saturated carbocycles. The van der Waals surface area contributed by atoms with Crippen LogP contribution in [0.1, 0.15) is 25.7 Å². The Hall–Kier alpha value is -4.07. The summed E-state index contributed by atoms with van der Waals surface area (Å²) in [5.41, 5.74) is 7.98. The standard InChI is InChI=1S/C26H37N7O7/c27-24(28)32-9-4-6-18(17-32)16-20-21(23(35)36)33(22(20)34)26(38)31-12-10-30(11-13-31)25(37)29-40-15-5-14-39-19-7-2-1-3-8-19/h1-3,7-8,18,20-21H,4-6,9-17H2,(H3,27,28)(H,29,37)(H,35,36)/t18?,20-,21+/m1/s1. The molecule has 5 N–H and O–H groups in total. The van der Waals surface area contributed by atoms with Crippen molar-refractivity contribution in [1.29, 1.82) is 5.41 Å². The molecule has 218 valence electrons. The van der Waals surface area contributed by atoms with E-state index < -0.39 is 35.9 Å². The van der Waals surface area contributed by atoms with Gasteiger partial charge in [0.15, 0.2) is 12.0 Å². The van der Waals surface area contributed by atoms with Crippen LogP contribution in [-0.4, -0.2) is 113 Å². The Labute approximate surface area is 232 Å². The first kappa shape index (κ1) is 28.9. The van der Waals surface area contributed by atoms with Crippen molar-refractivity contribution in [2.75, 3.05) is 52.5 Å². The number of carboxylic acids is 1. The monoisotopic (exact) mass is 559 g/mol. The summed E-state index contributed by atoms with van der Waals surface area (Å²) in [7, 11) is 0. The zero-order chi connectivity index (χ0) is 28.6. The molecule has 3 heterocycles. The number of nitrogens with two attached hydrogens (primary N) is 1. The van der Waals surface area contributed by atoms with Crippen LogP contribution < -0.4 is 16.0 Å². The van der Waals surface area contributed by atoms with Crippen LogP contribution in [0.5, 0.6) is 5.75 Å². The van der Waals surface area contributed by atoms with Gasteiger partial charge in [0.25, 0.3) is 0 Å². The zero-order valence-electron chi connectivity index (χ0n) is 22.4. The summed E-state index contributed by atoms with van der Waals surface area (Å²) >= 11 is 0. The zero-order valence-corrected chi connectivity index (χ0v) is 22.4. The molecule has 0 aromatic heterocycles. The molecule has 5 amide bonds. The van der Waals surface area contributed by atoms with E-state index in [1.54, 1.807) is 4.90 Å². The van der Waals surface area contributed by atoms with Gasteiger partial charge in [0.05, 0.1) is 19.1 Å². The number of carbonyl (C=O) groups is 4. The lowest BCUT2D eigenvalue weighted by atomic mass is 9.78. The van der Waals surface area contributed by atoms with E-state index in [1.165, 1.54) is 9.80 Å². The van der Waals surface area contributed by atoms with E-state index in [2.05, 4.69) is 5.48 Å². The number of nitrogens with one attached hydrogen (secondary N) is 2. The molecule has 0 aliphatic carbocycles. The number of nitrogens with zero attached hydrogens (tertiary/aromatic N) is 4. The van der Waals surface area contributed by atoms with Crippen molar-refractivity contribution in [1.82, 2.24) is 25.1 Å². The minimum Gasteiger partial charge on any atom is -0.494 e. The summed E-state index contributed by atoms with van der Waals surface area (Å²) in [4.78, 5) is 61.1. The number of hydrogen-bond donors (Lipinski definition) is 4. The van der Waals surface area contributed by atoms with Crippen LogP contribution in [0.3, 0.4) is 0 Å². The highest BCUT2D eigenvalue weighted by molar-refractivity contribution is 6.07. The Bertz CT molecular complexity index is 1080. The van der Waals surface area contributed by atoms with Crippen LogP contribution in [0, 0.1) is 17.2 Å². The molecule has 3 atom stereocenters. The minimum absolute atomic E-state index is 0.0198. The van der Waals surface area contributed by atoms with Crippen molar-refractivity contribution in [2.24, 2.45) is 17.6 Å². The Kier molecular flexibility index (Phi) is 9.64. The largest absolute Gasteiger partial charge is 0.494 e. The molecule has 3 aliphatic heterocycles. The average Bonchev–Trinajstić information content (AvgIpc) is 2.96. The van der Waals surface area contributed by atoms with Crippen molar-refractivity contribution in [2.45, 2.75) is 31.7 Å². The van der Waals surface area contributed by atoms with E-state index in [4.69, 9.17) is 20.7 Å². The van der Waals surface area contributed by atoms with Crippen LogP contribution in [0.4, 0.5) is 9.59 Å². The van der Waals surface area contributed by atoms with E-state index in [9.17, 15) is 24.3 Å². The average molecular weight is 560 g/mol. The lowest BCUT2D eigenvalue weighted by molar-refractivity contribution is -0.167. The number of ether oxygens (including phenoxy) is 1. The highest BCUT2D eigenvalue weighted by Crippen LogP contribution is 2.36. The predicted molar refractivity (Wildman–Crippen MR) is 142 cm³/mol. The fraction of sp³-hybridized carbons (Fsp3) is 0.577. The van der Waals surface area contributed by atoms with Gasteiger partial charge in [0.2, 0.25) is 5.91 Å². The molecule has 1 aromatic rings. The van der Waals surface area contributed by atoms with Crippen molar-refractivity contribution in [3.8, 4) is 5.75 Å². The number of benzene rings is 1. The van der Waals surface area contributed by atoms with E-state index in [-0.39, 0.29) is 44.7 Å². The molecule has 3 saturated heterocycles. The van der Waals surface area contributed by atoms with Gasteiger partial charge in [-0.15, -0.1) is 0 Å². The van der Waals surface area contributed by atoms with Crippen LogP contribution in [-0.2, 0) is 14.4 Å². The van der Waals surface area contributed by atoms with Crippen molar-refractivity contribution < 1.29 is 33.9 Å². The third-order valence-electron chi connectivity index (χ3n) is 7.52. The molecule has 0 spiro atoms. The number of guanidine groups is 1. The maximum Gasteiger partial charge on any atom is 0.341 e. The predicted octanol–water partition coefficient (Wildman–Crippen LogP) is 0.741. The number of rotatable bonds is 9. The molecule has 14 nitrogen and oxygen atoms in total. The normalized spacial score (nSPS) is 22.9. The second-order valence-electron chi connectivity index (χ2n) is 10.2. The SMILES string of the molecule is N=C(N)N1CCCC(C[C@H]2C(=O)N(C(=O)N3CCN(C(=O)NOCCCOc4ccccc4)CC3)[C@@H]2C(=O)O)C1. The lowest BCUT2D eigenvalue weighted by Crippen LogP contribution is -2.70. The molecular weight excluding hydrogens is 522 g/mol. The van der Waals surface area contributed by atoms with Gasteiger partial charge in [0, 0.05) is 45.7 Å². The molecule has 3 fully saturated rings. The van der Waals surface area contributed by atoms with Gasteiger partial charge < -0.3 is 30.3 Å². The van der Waals surface area contributed by atoms with Crippen molar-refractivity contribution >= 4 is 29.9 Å². The van der Waals surface area contributed by atoms with Crippen LogP contribution in [0.2, 0.25) is 0 Å². The highest BCUT2D eigenvalue weighted by atomic mass is 16.7. The minimum atomic E-state index is -1.23. The number of amides is 5. The van der Waals surface area contributed by atoms with Crippen LogP contribution in [0.15, 0.2) is 30.3 Å². The summed E-state index contributed by atoms with van der Waals surface area (Å²) in [6.45, 7) is 2.60. The topological polar surface area (TPSA) is 182 Å². The Morgan fingerprint density at radius 3 is 2.40 bits per heavy atom.